The van der Waals surface area contributed by atoms with E-state index >= 15 is 0 Å². The third-order valence-electron chi connectivity index (χ3n) is 7.67. The maximum atomic E-state index is 9.92. The van der Waals surface area contributed by atoms with Gasteiger partial charge in [0.15, 0.2) is 0 Å². The Hall–Kier alpha value is -3.47. The molecule has 0 amide bonds. The van der Waals surface area contributed by atoms with E-state index < -0.39 is 0 Å². The summed E-state index contributed by atoms with van der Waals surface area (Å²) in [6, 6.07) is 16.6. The number of anilines is 2. The zero-order valence-corrected chi connectivity index (χ0v) is 20.6. The fraction of sp³-hybridized carbons (Fsp3) is 0.414. The minimum Gasteiger partial charge on any atom is -0.393 e. The van der Waals surface area contributed by atoms with E-state index in [4.69, 9.17) is 9.73 Å². The largest absolute Gasteiger partial charge is 0.393 e. The molecule has 0 saturated carbocycles. The Morgan fingerprint density at radius 3 is 2.69 bits per heavy atom. The first kappa shape index (κ1) is 23.0. The summed E-state index contributed by atoms with van der Waals surface area (Å²) in [6.07, 6.45) is 5.00. The molecule has 4 heterocycles. The SMILES string of the molecule is C[C@@H]1CN(c2ccc(C#N)c3ncccc23)C[C@H](C2=Nc3cccc(N4CCC(O)CC4)c3CC2)O1. The van der Waals surface area contributed by atoms with E-state index in [0.29, 0.717) is 5.56 Å². The molecule has 3 aliphatic heterocycles. The molecule has 2 saturated heterocycles. The van der Waals surface area contributed by atoms with Gasteiger partial charge in [-0.2, -0.15) is 5.26 Å². The first-order valence-electron chi connectivity index (χ1n) is 12.9. The number of fused-ring (bicyclic) bond motifs is 2. The molecule has 2 fully saturated rings. The maximum Gasteiger partial charge on any atom is 0.113 e. The third-order valence-corrected chi connectivity index (χ3v) is 7.67. The van der Waals surface area contributed by atoms with Crippen LogP contribution in [0, 0.1) is 11.3 Å². The van der Waals surface area contributed by atoms with Gasteiger partial charge in [-0.25, -0.2) is 0 Å². The highest BCUT2D eigenvalue weighted by Crippen LogP contribution is 2.37. The quantitative estimate of drug-likeness (QED) is 0.598. The van der Waals surface area contributed by atoms with Crippen LogP contribution in [0.3, 0.4) is 0 Å². The van der Waals surface area contributed by atoms with Gasteiger partial charge in [0.2, 0.25) is 0 Å². The van der Waals surface area contributed by atoms with Gasteiger partial charge in [-0.15, -0.1) is 0 Å². The molecule has 184 valence electrons. The van der Waals surface area contributed by atoms with Gasteiger partial charge in [0.25, 0.3) is 0 Å². The number of aliphatic imine (C=N–C) groups is 1. The number of nitriles is 1. The zero-order chi connectivity index (χ0) is 24.6. The van der Waals surface area contributed by atoms with Crippen molar-refractivity contribution in [2.24, 2.45) is 4.99 Å². The van der Waals surface area contributed by atoms with Crippen LogP contribution in [0.5, 0.6) is 0 Å². The minimum atomic E-state index is -0.178. The maximum absolute atomic E-state index is 9.92. The van der Waals surface area contributed by atoms with E-state index in [2.05, 4.69) is 46.0 Å². The molecule has 2 atom stereocenters. The van der Waals surface area contributed by atoms with Crippen LogP contribution in [0.15, 0.2) is 53.7 Å². The van der Waals surface area contributed by atoms with E-state index in [9.17, 15) is 10.4 Å². The second-order valence-corrected chi connectivity index (χ2v) is 10.1. The molecule has 0 radical (unpaired) electrons. The van der Waals surface area contributed by atoms with Gasteiger partial charge >= 0.3 is 0 Å². The molecule has 1 aromatic heterocycles. The molecule has 0 unspecified atom stereocenters. The minimum absolute atomic E-state index is 0.0568. The number of hydrogen-bond acceptors (Lipinski definition) is 7. The van der Waals surface area contributed by atoms with Crippen molar-refractivity contribution in [2.75, 3.05) is 36.0 Å². The molecule has 0 bridgehead atoms. The lowest BCUT2D eigenvalue weighted by atomic mass is 9.94. The Kier molecular flexibility index (Phi) is 6.08. The monoisotopic (exact) mass is 481 g/mol. The lowest BCUT2D eigenvalue weighted by molar-refractivity contribution is 0.0196. The Labute approximate surface area is 211 Å². The number of nitrogens with zero attached hydrogens (tertiary/aromatic N) is 5. The van der Waals surface area contributed by atoms with E-state index in [-0.39, 0.29) is 18.3 Å². The standard InChI is InChI=1S/C29H31N5O2/c1-19-17-34(27-10-7-20(16-30)29-23(27)4-3-13-31-29)18-28(36-19)25-9-8-22-24(32-25)5-2-6-26(22)33-14-11-21(35)12-15-33/h2-7,10,13,19,21,28,35H,8-9,11-12,14-15,17-18H2,1H3/t19-,28-/m1/s1. The summed E-state index contributed by atoms with van der Waals surface area (Å²) in [7, 11) is 0. The summed E-state index contributed by atoms with van der Waals surface area (Å²) < 4.78 is 6.43. The van der Waals surface area contributed by atoms with Crippen molar-refractivity contribution in [2.45, 2.75) is 50.9 Å². The molecule has 2 aromatic carbocycles. The normalized spacial score (nSPS) is 22.8. The third kappa shape index (κ3) is 4.21. The highest BCUT2D eigenvalue weighted by Gasteiger charge is 2.32. The predicted molar refractivity (Wildman–Crippen MR) is 142 cm³/mol. The van der Waals surface area contributed by atoms with Gasteiger partial charge in [-0.1, -0.05) is 6.07 Å². The van der Waals surface area contributed by atoms with Crippen LogP contribution in [0.4, 0.5) is 17.1 Å². The number of rotatable bonds is 3. The highest BCUT2D eigenvalue weighted by atomic mass is 16.5. The van der Waals surface area contributed by atoms with Crippen LogP contribution >= 0.6 is 0 Å². The average Bonchev–Trinajstić information content (AvgIpc) is 2.92. The van der Waals surface area contributed by atoms with Crippen molar-refractivity contribution in [3.63, 3.8) is 0 Å². The van der Waals surface area contributed by atoms with Crippen LogP contribution in [-0.4, -0.2) is 60.3 Å². The van der Waals surface area contributed by atoms with Gasteiger partial charge < -0.3 is 19.6 Å². The molecule has 0 spiro atoms. The van der Waals surface area contributed by atoms with Crippen LogP contribution in [0.2, 0.25) is 0 Å². The summed E-state index contributed by atoms with van der Waals surface area (Å²) in [4.78, 5) is 14.4. The summed E-state index contributed by atoms with van der Waals surface area (Å²) in [5, 5.41) is 20.4. The molecular weight excluding hydrogens is 450 g/mol. The van der Waals surface area contributed by atoms with Crippen LogP contribution < -0.4 is 9.80 Å². The number of aliphatic hydroxyl groups excluding tert-OH is 1. The number of hydrogen-bond donors (Lipinski definition) is 1. The molecule has 36 heavy (non-hydrogen) atoms. The summed E-state index contributed by atoms with van der Waals surface area (Å²) >= 11 is 0. The van der Waals surface area contributed by atoms with Crippen molar-refractivity contribution < 1.29 is 9.84 Å². The number of benzene rings is 2. The van der Waals surface area contributed by atoms with Crippen molar-refractivity contribution in [1.29, 1.82) is 5.26 Å². The van der Waals surface area contributed by atoms with Gasteiger partial charge in [-0.3, -0.25) is 9.98 Å². The molecule has 7 heteroatoms. The molecule has 1 N–H and O–H groups in total. The summed E-state index contributed by atoms with van der Waals surface area (Å²) in [5.41, 5.74) is 7.14. The van der Waals surface area contributed by atoms with Gasteiger partial charge in [-0.05, 0) is 69.0 Å². The molecule has 3 aromatic rings. The van der Waals surface area contributed by atoms with E-state index in [1.807, 2.05) is 24.3 Å². The molecule has 7 nitrogen and oxygen atoms in total. The molecular formula is C29H31N5O2. The second-order valence-electron chi connectivity index (χ2n) is 10.1. The molecule has 0 aliphatic carbocycles. The smallest absolute Gasteiger partial charge is 0.113 e. The fourth-order valence-electron chi connectivity index (χ4n) is 5.88. The van der Waals surface area contributed by atoms with Crippen LogP contribution in [-0.2, 0) is 11.2 Å². The van der Waals surface area contributed by atoms with Gasteiger partial charge in [0.1, 0.15) is 12.2 Å². The van der Waals surface area contributed by atoms with Crippen molar-refractivity contribution in [1.82, 2.24) is 4.98 Å². The Morgan fingerprint density at radius 2 is 1.86 bits per heavy atom. The first-order valence-corrected chi connectivity index (χ1v) is 12.9. The number of aromatic nitrogens is 1. The number of morpholine rings is 1. The van der Waals surface area contributed by atoms with Crippen LogP contribution in [0.25, 0.3) is 10.9 Å². The van der Waals surface area contributed by atoms with E-state index in [1.54, 1.807) is 6.20 Å². The number of piperidine rings is 1. The lowest BCUT2D eigenvalue weighted by Crippen LogP contribution is -2.50. The number of ether oxygens (including phenoxy) is 1. The summed E-state index contributed by atoms with van der Waals surface area (Å²) in [5.74, 6) is 0. The Bertz CT molecular complexity index is 1360. The van der Waals surface area contributed by atoms with Crippen molar-refractivity contribution in [3.8, 4) is 6.07 Å². The van der Waals surface area contributed by atoms with Crippen molar-refractivity contribution in [3.05, 3.63) is 59.8 Å². The number of aliphatic hydroxyl groups is 1. The topological polar surface area (TPSA) is 85.0 Å². The fourth-order valence-corrected chi connectivity index (χ4v) is 5.88. The van der Waals surface area contributed by atoms with Gasteiger partial charge in [0.05, 0.1) is 29.0 Å². The second kappa shape index (κ2) is 9.53. The number of pyridine rings is 1. The molecule has 3 aliphatic rings. The summed E-state index contributed by atoms with van der Waals surface area (Å²) in [6.45, 7) is 5.39. The Morgan fingerprint density at radius 1 is 1.00 bits per heavy atom. The molecule has 6 rings (SSSR count). The van der Waals surface area contributed by atoms with Gasteiger partial charge in [0, 0.05) is 60.4 Å². The average molecular weight is 482 g/mol. The highest BCUT2D eigenvalue weighted by molar-refractivity contribution is 5.97. The van der Waals surface area contributed by atoms with Crippen molar-refractivity contribution >= 4 is 33.7 Å². The first-order chi connectivity index (χ1) is 17.6. The zero-order valence-electron chi connectivity index (χ0n) is 20.6. The lowest BCUT2D eigenvalue weighted by Gasteiger charge is -2.40. The Balaban J connectivity index is 1.29. The van der Waals surface area contributed by atoms with E-state index in [1.165, 1.54) is 11.3 Å². The van der Waals surface area contributed by atoms with E-state index in [0.717, 1.165) is 79.9 Å². The van der Waals surface area contributed by atoms with Crippen LogP contribution in [0.1, 0.15) is 37.3 Å². The predicted octanol–water partition coefficient (Wildman–Crippen LogP) is 4.38.